The molecule has 1 aromatic rings. The van der Waals surface area contributed by atoms with E-state index in [1.807, 2.05) is 0 Å². The van der Waals surface area contributed by atoms with Crippen LogP contribution in [0.15, 0.2) is 16.6 Å². The van der Waals surface area contributed by atoms with Gasteiger partial charge in [-0.1, -0.05) is 28.8 Å². The lowest BCUT2D eigenvalue weighted by Gasteiger charge is -2.28. The molecule has 1 fully saturated rings. The minimum Gasteiger partial charge on any atom is -0.295 e. The van der Waals surface area contributed by atoms with Crippen LogP contribution in [0.3, 0.4) is 0 Å². The van der Waals surface area contributed by atoms with E-state index in [1.54, 1.807) is 0 Å². The second kappa shape index (κ2) is 7.14. The molecule has 106 valence electrons. The van der Waals surface area contributed by atoms with Crippen molar-refractivity contribution in [3.63, 3.8) is 0 Å². The summed E-state index contributed by atoms with van der Waals surface area (Å²) in [5.74, 6) is -0.934. The fourth-order valence-corrected chi connectivity index (χ4v) is 3.64. The summed E-state index contributed by atoms with van der Waals surface area (Å²) in [5, 5.41) is 0.851. The van der Waals surface area contributed by atoms with Crippen LogP contribution in [0, 0.1) is 11.6 Å². The molecule has 0 N–H and O–H groups in total. The van der Waals surface area contributed by atoms with Crippen LogP contribution in [0.4, 0.5) is 8.78 Å². The van der Waals surface area contributed by atoms with Gasteiger partial charge in [-0.15, -0.1) is 0 Å². The molecule has 2 rings (SSSR count). The van der Waals surface area contributed by atoms with Crippen LogP contribution < -0.4 is 0 Å². The lowest BCUT2D eigenvalue weighted by molar-refractivity contribution is 0.203. The predicted octanol–water partition coefficient (Wildman–Crippen LogP) is 4.87. The maximum Gasteiger partial charge on any atom is 0.144 e. The van der Waals surface area contributed by atoms with Crippen molar-refractivity contribution in [1.29, 1.82) is 0 Å². The van der Waals surface area contributed by atoms with Gasteiger partial charge in [0.15, 0.2) is 0 Å². The summed E-state index contributed by atoms with van der Waals surface area (Å²) >= 11 is 6.64. The molecule has 0 amide bonds. The first-order valence-electron chi connectivity index (χ1n) is 6.56. The SMILES string of the molecule is Fc1ccc(Br)c(F)c1CN1CCCCCC1CBr. The molecule has 1 saturated heterocycles. The molecule has 0 saturated carbocycles. The van der Waals surface area contributed by atoms with Gasteiger partial charge in [0, 0.05) is 23.5 Å². The van der Waals surface area contributed by atoms with E-state index < -0.39 is 11.6 Å². The van der Waals surface area contributed by atoms with E-state index in [0.29, 0.717) is 17.1 Å². The molecule has 0 aromatic heterocycles. The van der Waals surface area contributed by atoms with Crippen molar-refractivity contribution in [3.8, 4) is 0 Å². The molecule has 0 radical (unpaired) electrons. The minimum atomic E-state index is -0.474. The first-order valence-corrected chi connectivity index (χ1v) is 8.47. The van der Waals surface area contributed by atoms with Crippen molar-refractivity contribution in [2.24, 2.45) is 0 Å². The average molecular weight is 397 g/mol. The maximum atomic E-state index is 14.0. The number of likely N-dealkylation sites (tertiary alicyclic amines) is 1. The van der Waals surface area contributed by atoms with Crippen molar-refractivity contribution in [3.05, 3.63) is 33.8 Å². The number of nitrogens with zero attached hydrogens (tertiary/aromatic N) is 1. The first-order chi connectivity index (χ1) is 9.13. The van der Waals surface area contributed by atoms with E-state index in [4.69, 9.17) is 0 Å². The van der Waals surface area contributed by atoms with Crippen molar-refractivity contribution in [2.45, 2.75) is 38.3 Å². The van der Waals surface area contributed by atoms with Crippen molar-refractivity contribution in [2.75, 3.05) is 11.9 Å². The van der Waals surface area contributed by atoms with Crippen molar-refractivity contribution < 1.29 is 8.78 Å². The Morgan fingerprint density at radius 1 is 1.21 bits per heavy atom. The molecule has 1 atom stereocenters. The number of halogens is 4. The molecule has 1 nitrogen and oxygen atoms in total. The van der Waals surface area contributed by atoms with E-state index in [9.17, 15) is 8.78 Å². The first kappa shape index (κ1) is 15.4. The van der Waals surface area contributed by atoms with Gasteiger partial charge in [-0.25, -0.2) is 8.78 Å². The highest BCUT2D eigenvalue weighted by Gasteiger charge is 2.23. The van der Waals surface area contributed by atoms with Gasteiger partial charge in [-0.2, -0.15) is 0 Å². The van der Waals surface area contributed by atoms with Crippen molar-refractivity contribution in [1.82, 2.24) is 4.90 Å². The molecule has 0 aliphatic carbocycles. The van der Waals surface area contributed by atoms with Crippen LogP contribution in [-0.2, 0) is 6.54 Å². The monoisotopic (exact) mass is 395 g/mol. The van der Waals surface area contributed by atoms with E-state index in [-0.39, 0.29) is 5.56 Å². The Morgan fingerprint density at radius 3 is 2.74 bits per heavy atom. The van der Waals surface area contributed by atoms with E-state index >= 15 is 0 Å². The lowest BCUT2D eigenvalue weighted by Crippen LogP contribution is -2.36. The van der Waals surface area contributed by atoms with Crippen LogP contribution in [0.5, 0.6) is 0 Å². The highest BCUT2D eigenvalue weighted by Crippen LogP contribution is 2.26. The molecule has 0 bridgehead atoms. The van der Waals surface area contributed by atoms with Gasteiger partial charge >= 0.3 is 0 Å². The second-order valence-electron chi connectivity index (χ2n) is 4.95. The smallest absolute Gasteiger partial charge is 0.144 e. The Hall–Kier alpha value is -0.000000000000000111. The van der Waals surface area contributed by atoms with E-state index in [0.717, 1.165) is 24.7 Å². The van der Waals surface area contributed by atoms with Crippen LogP contribution in [0.2, 0.25) is 0 Å². The number of alkyl halides is 1. The Bertz CT molecular complexity index is 440. The molecule has 1 aliphatic rings. The quantitative estimate of drug-likeness (QED) is 0.520. The summed E-state index contributed by atoms with van der Waals surface area (Å²) in [6, 6.07) is 3.10. The molecule has 1 unspecified atom stereocenters. The zero-order valence-electron chi connectivity index (χ0n) is 10.6. The summed E-state index contributed by atoms with van der Waals surface area (Å²) < 4.78 is 28.2. The summed E-state index contributed by atoms with van der Waals surface area (Å²) in [6.45, 7) is 1.25. The summed E-state index contributed by atoms with van der Waals surface area (Å²) in [7, 11) is 0. The third-order valence-corrected chi connectivity index (χ3v) is 5.04. The minimum absolute atomic E-state index is 0.169. The molecular weight excluding hydrogens is 380 g/mol. The zero-order chi connectivity index (χ0) is 13.8. The standard InChI is InChI=1S/C14H17Br2F2N/c15-8-10-4-2-1-3-7-19(10)9-11-13(17)6-5-12(16)14(11)18/h5-6,10H,1-4,7-9H2. The molecular formula is C14H17Br2F2N. The van der Waals surface area contributed by atoms with Gasteiger partial charge in [0.2, 0.25) is 0 Å². The normalized spacial score (nSPS) is 21.4. The van der Waals surface area contributed by atoms with Gasteiger partial charge in [-0.05, 0) is 47.4 Å². The zero-order valence-corrected chi connectivity index (χ0v) is 13.8. The fourth-order valence-electron chi connectivity index (χ4n) is 2.54. The maximum absolute atomic E-state index is 14.0. The largest absolute Gasteiger partial charge is 0.295 e. The van der Waals surface area contributed by atoms with Crippen LogP contribution in [-0.4, -0.2) is 22.8 Å². The lowest BCUT2D eigenvalue weighted by atomic mass is 10.1. The molecule has 1 aromatic carbocycles. The molecule has 1 heterocycles. The average Bonchev–Trinajstić information content (AvgIpc) is 2.64. The fraction of sp³-hybridized carbons (Fsp3) is 0.571. The topological polar surface area (TPSA) is 3.24 Å². The Morgan fingerprint density at radius 2 is 2.00 bits per heavy atom. The molecule has 5 heteroatoms. The van der Waals surface area contributed by atoms with E-state index in [1.165, 1.54) is 25.0 Å². The number of benzene rings is 1. The number of rotatable bonds is 3. The second-order valence-corrected chi connectivity index (χ2v) is 6.45. The van der Waals surface area contributed by atoms with Gasteiger partial charge in [0.25, 0.3) is 0 Å². The predicted molar refractivity (Wildman–Crippen MR) is 80.5 cm³/mol. The van der Waals surface area contributed by atoms with Crippen LogP contribution >= 0.6 is 31.9 Å². The van der Waals surface area contributed by atoms with Crippen LogP contribution in [0.1, 0.15) is 31.2 Å². The summed E-state index contributed by atoms with van der Waals surface area (Å²) in [6.07, 6.45) is 4.57. The summed E-state index contributed by atoms with van der Waals surface area (Å²) in [4.78, 5) is 2.19. The van der Waals surface area contributed by atoms with E-state index in [2.05, 4.69) is 36.8 Å². The highest BCUT2D eigenvalue weighted by molar-refractivity contribution is 9.10. The van der Waals surface area contributed by atoms with Gasteiger partial charge in [-0.3, -0.25) is 4.90 Å². The Balaban J connectivity index is 2.21. The van der Waals surface area contributed by atoms with Crippen LogP contribution in [0.25, 0.3) is 0 Å². The summed E-state index contributed by atoms with van der Waals surface area (Å²) in [5.41, 5.74) is 0.169. The third-order valence-electron chi connectivity index (χ3n) is 3.68. The number of hydrogen-bond acceptors (Lipinski definition) is 1. The third kappa shape index (κ3) is 3.76. The Labute approximate surface area is 129 Å². The molecule has 1 aliphatic heterocycles. The molecule has 19 heavy (non-hydrogen) atoms. The van der Waals surface area contributed by atoms with Gasteiger partial charge in [0.05, 0.1) is 4.47 Å². The van der Waals surface area contributed by atoms with Gasteiger partial charge < -0.3 is 0 Å². The molecule has 0 spiro atoms. The Kier molecular flexibility index (Phi) is 5.78. The van der Waals surface area contributed by atoms with Crippen molar-refractivity contribution >= 4 is 31.9 Å². The highest BCUT2D eigenvalue weighted by atomic mass is 79.9. The van der Waals surface area contributed by atoms with Gasteiger partial charge in [0.1, 0.15) is 11.6 Å². The number of hydrogen-bond donors (Lipinski definition) is 0.